The van der Waals surface area contributed by atoms with E-state index in [1.807, 2.05) is 26.0 Å². The molecule has 0 aromatic carbocycles. The normalized spacial score (nSPS) is 10.5. The molecule has 0 aliphatic heterocycles. The van der Waals surface area contributed by atoms with Gasteiger partial charge in [-0.15, -0.1) is 0 Å². The summed E-state index contributed by atoms with van der Waals surface area (Å²) >= 11 is 1.51. The van der Waals surface area contributed by atoms with Gasteiger partial charge in [-0.05, 0) is 32.0 Å². The molecule has 17 heavy (non-hydrogen) atoms. The van der Waals surface area contributed by atoms with Crippen LogP contribution in [0, 0.1) is 19.3 Å². The van der Waals surface area contributed by atoms with Gasteiger partial charge < -0.3 is 10.2 Å². The lowest BCUT2D eigenvalue weighted by Gasteiger charge is -2.04. The third-order valence-electron chi connectivity index (χ3n) is 2.27. The van der Waals surface area contributed by atoms with Gasteiger partial charge in [-0.3, -0.25) is 5.41 Å². The Bertz CT molecular complexity index is 563. The zero-order chi connectivity index (χ0) is 12.4. The summed E-state index contributed by atoms with van der Waals surface area (Å²) in [5.41, 5.74) is 7.03. The maximum absolute atomic E-state index is 7.44. The highest BCUT2D eigenvalue weighted by molar-refractivity contribution is 7.99. The second kappa shape index (κ2) is 4.63. The van der Waals surface area contributed by atoms with E-state index in [4.69, 9.17) is 15.6 Å². The fourth-order valence-electron chi connectivity index (χ4n) is 1.44. The van der Waals surface area contributed by atoms with Crippen LogP contribution in [0.3, 0.4) is 0 Å². The molecule has 0 atom stereocenters. The molecule has 4 nitrogen and oxygen atoms in total. The highest BCUT2D eigenvalue weighted by Crippen LogP contribution is 2.30. The van der Waals surface area contributed by atoms with Gasteiger partial charge in [-0.1, -0.05) is 11.8 Å². The minimum absolute atomic E-state index is 0.0567. The van der Waals surface area contributed by atoms with Gasteiger partial charge in [0, 0.05) is 11.3 Å². The van der Waals surface area contributed by atoms with Gasteiger partial charge in [0.1, 0.15) is 16.6 Å². The van der Waals surface area contributed by atoms with Gasteiger partial charge in [0.05, 0.1) is 11.2 Å². The van der Waals surface area contributed by atoms with E-state index in [2.05, 4.69) is 4.98 Å². The Balaban J connectivity index is 2.33. The van der Waals surface area contributed by atoms with Crippen molar-refractivity contribution in [3.63, 3.8) is 0 Å². The molecule has 88 valence electrons. The van der Waals surface area contributed by atoms with E-state index in [0.717, 1.165) is 21.4 Å². The summed E-state index contributed by atoms with van der Waals surface area (Å²) in [4.78, 5) is 5.43. The van der Waals surface area contributed by atoms with Gasteiger partial charge in [0.15, 0.2) is 0 Å². The molecule has 0 spiro atoms. The first kappa shape index (κ1) is 11.7. The maximum Gasteiger partial charge on any atom is 0.122 e. The lowest BCUT2D eigenvalue weighted by atomic mass is 10.2. The molecule has 2 heterocycles. The van der Waals surface area contributed by atoms with Crippen molar-refractivity contribution < 1.29 is 4.42 Å². The fraction of sp³-hybridized carbons (Fsp3) is 0.167. The number of hydrogen-bond donors (Lipinski definition) is 2. The minimum Gasteiger partial charge on any atom is -0.468 e. The van der Waals surface area contributed by atoms with Crippen molar-refractivity contribution in [2.75, 3.05) is 0 Å². The summed E-state index contributed by atoms with van der Waals surface area (Å²) in [5, 5.41) is 8.26. The molecular formula is C12H13N3OS. The molecule has 3 N–H and O–H groups in total. The monoisotopic (exact) mass is 247 g/mol. The molecule has 0 fully saturated rings. The first-order valence-corrected chi connectivity index (χ1v) is 5.93. The van der Waals surface area contributed by atoms with E-state index in [0.29, 0.717) is 5.56 Å². The Morgan fingerprint density at radius 2 is 2.18 bits per heavy atom. The van der Waals surface area contributed by atoms with Crippen LogP contribution in [0.25, 0.3) is 0 Å². The summed E-state index contributed by atoms with van der Waals surface area (Å²) in [6.07, 6.45) is 1.65. The molecule has 0 radical (unpaired) electrons. The number of amidine groups is 1. The highest BCUT2D eigenvalue weighted by Gasteiger charge is 2.07. The largest absolute Gasteiger partial charge is 0.468 e. The van der Waals surface area contributed by atoms with Crippen molar-refractivity contribution in [3.8, 4) is 0 Å². The zero-order valence-corrected chi connectivity index (χ0v) is 10.5. The van der Waals surface area contributed by atoms with Crippen molar-refractivity contribution in [2.24, 2.45) is 5.73 Å². The number of rotatable bonds is 3. The molecule has 0 aliphatic rings. The highest BCUT2D eigenvalue weighted by atomic mass is 32.2. The van der Waals surface area contributed by atoms with E-state index in [1.165, 1.54) is 11.8 Å². The summed E-state index contributed by atoms with van der Waals surface area (Å²) in [6.45, 7) is 3.79. The van der Waals surface area contributed by atoms with Crippen LogP contribution in [0.1, 0.15) is 17.0 Å². The van der Waals surface area contributed by atoms with Crippen molar-refractivity contribution in [1.29, 1.82) is 5.41 Å². The molecule has 0 amide bonds. The Kier molecular flexibility index (Phi) is 3.19. The van der Waals surface area contributed by atoms with Gasteiger partial charge in [-0.25, -0.2) is 4.98 Å². The third kappa shape index (κ3) is 2.68. The molecule has 0 bridgehead atoms. The Morgan fingerprint density at radius 3 is 2.76 bits per heavy atom. The average Bonchev–Trinajstić information content (AvgIpc) is 2.63. The average molecular weight is 247 g/mol. The molecule has 2 rings (SSSR count). The Labute approximate surface area is 104 Å². The van der Waals surface area contributed by atoms with E-state index < -0.39 is 0 Å². The molecule has 0 saturated carbocycles. The number of furan rings is 1. The smallest absolute Gasteiger partial charge is 0.122 e. The number of nitrogen functional groups attached to an aromatic ring is 1. The van der Waals surface area contributed by atoms with E-state index >= 15 is 0 Å². The van der Waals surface area contributed by atoms with Crippen LogP contribution in [-0.2, 0) is 0 Å². The van der Waals surface area contributed by atoms with Crippen LogP contribution in [0.2, 0.25) is 0 Å². The van der Waals surface area contributed by atoms with Crippen LogP contribution < -0.4 is 5.73 Å². The van der Waals surface area contributed by atoms with Crippen LogP contribution in [0.15, 0.2) is 38.8 Å². The summed E-state index contributed by atoms with van der Waals surface area (Å²) in [5.74, 6) is 0.920. The van der Waals surface area contributed by atoms with Gasteiger partial charge in [0.25, 0.3) is 0 Å². The van der Waals surface area contributed by atoms with E-state index in [1.54, 1.807) is 12.3 Å². The van der Waals surface area contributed by atoms with Crippen LogP contribution in [-0.4, -0.2) is 10.8 Å². The van der Waals surface area contributed by atoms with E-state index in [-0.39, 0.29) is 5.84 Å². The van der Waals surface area contributed by atoms with Crippen molar-refractivity contribution in [3.05, 3.63) is 41.5 Å². The number of aryl methyl sites for hydroxylation is 2. The number of nitrogens with one attached hydrogen (secondary N) is 1. The summed E-state index contributed by atoms with van der Waals surface area (Å²) in [6, 6.07) is 5.51. The predicted octanol–water partition coefficient (Wildman–Crippen LogP) is 2.73. The second-order valence-corrected chi connectivity index (χ2v) is 4.75. The van der Waals surface area contributed by atoms with Gasteiger partial charge in [-0.2, -0.15) is 0 Å². The quantitative estimate of drug-likeness (QED) is 0.646. The zero-order valence-electron chi connectivity index (χ0n) is 9.65. The SMILES string of the molecule is Cc1cc(C(=N)N)cc(Sc2ccoc2C)n1. The molecule has 2 aromatic heterocycles. The lowest BCUT2D eigenvalue weighted by Crippen LogP contribution is -2.11. The molecular weight excluding hydrogens is 234 g/mol. The van der Waals surface area contributed by atoms with Crippen molar-refractivity contribution >= 4 is 17.6 Å². The minimum atomic E-state index is 0.0567. The number of pyridine rings is 1. The number of nitrogens with two attached hydrogens (primary N) is 1. The first-order chi connectivity index (χ1) is 8.06. The van der Waals surface area contributed by atoms with Crippen molar-refractivity contribution in [1.82, 2.24) is 4.98 Å². The standard InChI is InChI=1S/C12H13N3OS/c1-7-5-9(12(13)14)6-11(15-7)17-10-3-4-16-8(10)2/h3-6H,1-2H3,(H3,13,14). The maximum atomic E-state index is 7.44. The number of nitrogens with zero attached hydrogens (tertiary/aromatic N) is 1. The Morgan fingerprint density at radius 1 is 1.41 bits per heavy atom. The molecule has 2 aromatic rings. The number of hydrogen-bond acceptors (Lipinski definition) is 4. The summed E-state index contributed by atoms with van der Waals surface area (Å²) in [7, 11) is 0. The van der Waals surface area contributed by atoms with Gasteiger partial charge in [0.2, 0.25) is 0 Å². The Hall–Kier alpha value is -1.75. The molecule has 0 aliphatic carbocycles. The van der Waals surface area contributed by atoms with Crippen LogP contribution >= 0.6 is 11.8 Å². The van der Waals surface area contributed by atoms with Gasteiger partial charge >= 0.3 is 0 Å². The lowest BCUT2D eigenvalue weighted by molar-refractivity contribution is 0.527. The predicted molar refractivity (Wildman–Crippen MR) is 67.6 cm³/mol. The third-order valence-corrected chi connectivity index (χ3v) is 3.33. The number of aromatic nitrogens is 1. The van der Waals surface area contributed by atoms with E-state index in [9.17, 15) is 0 Å². The molecule has 0 saturated heterocycles. The van der Waals surface area contributed by atoms with Crippen molar-refractivity contribution in [2.45, 2.75) is 23.8 Å². The molecule has 5 heteroatoms. The first-order valence-electron chi connectivity index (χ1n) is 5.11. The van der Waals surface area contributed by atoms with Crippen LogP contribution in [0.4, 0.5) is 0 Å². The van der Waals surface area contributed by atoms with Crippen LogP contribution in [0.5, 0.6) is 0 Å². The fourth-order valence-corrected chi connectivity index (χ4v) is 2.35. The molecule has 0 unspecified atom stereocenters. The summed E-state index contributed by atoms with van der Waals surface area (Å²) < 4.78 is 5.23. The second-order valence-electron chi connectivity index (χ2n) is 3.69. The topological polar surface area (TPSA) is 75.9 Å².